The Morgan fingerprint density at radius 3 is 2.23 bits per heavy atom. The number of ether oxygens (including phenoxy) is 1. The van der Waals surface area contributed by atoms with Gasteiger partial charge >= 0.3 is 0 Å². The molecule has 0 aromatic heterocycles. The van der Waals surface area contributed by atoms with Gasteiger partial charge in [0.05, 0.1) is 25.4 Å². The lowest BCUT2D eigenvalue weighted by Crippen LogP contribution is -2.50. The molecule has 2 aliphatic heterocycles. The number of hydrogen-bond acceptors (Lipinski definition) is 6. The minimum absolute atomic E-state index is 0.162. The third kappa shape index (κ3) is 7.12. The van der Waals surface area contributed by atoms with E-state index in [9.17, 15) is 9.90 Å². The average Bonchev–Trinajstić information content (AvgIpc) is 3.24. The Morgan fingerprint density at radius 1 is 1.10 bits per heavy atom. The van der Waals surface area contributed by atoms with E-state index < -0.39 is 0 Å². The highest BCUT2D eigenvalue weighted by Crippen LogP contribution is 2.24. The molecule has 0 unspecified atom stereocenters. The van der Waals surface area contributed by atoms with Crippen LogP contribution < -0.4 is 5.73 Å². The summed E-state index contributed by atoms with van der Waals surface area (Å²) in [5.41, 5.74) is 6.86. The first-order chi connectivity index (χ1) is 15.0. The van der Waals surface area contributed by atoms with Crippen molar-refractivity contribution in [1.29, 1.82) is 0 Å². The Kier molecular flexibility index (Phi) is 8.99. The Bertz CT molecular complexity index is 784. The number of aliphatic hydroxyl groups excluding tert-OH is 1. The number of hydrazine groups is 1. The van der Waals surface area contributed by atoms with Crippen LogP contribution in [0.1, 0.15) is 28.4 Å². The summed E-state index contributed by atoms with van der Waals surface area (Å²) in [5.74, 6) is -0.379. The number of rotatable bonds is 6. The van der Waals surface area contributed by atoms with Gasteiger partial charge in [-0.3, -0.25) is 9.69 Å². The number of likely N-dealkylation sites (tertiary alicyclic amines) is 1. The SMILES string of the molecule is CN([C@H](CN1CC[C@H](O)C1)c1ccccc1)N1CCOCC1.NC(=O)c1ccccc1. The first kappa shape index (κ1) is 23.4. The van der Waals surface area contributed by atoms with Gasteiger partial charge in [-0.05, 0) is 24.1 Å². The smallest absolute Gasteiger partial charge is 0.248 e. The van der Waals surface area contributed by atoms with Crippen molar-refractivity contribution >= 4 is 5.91 Å². The van der Waals surface area contributed by atoms with Crippen LogP contribution in [0, 0.1) is 0 Å². The van der Waals surface area contributed by atoms with Crippen LogP contribution in [-0.4, -0.2) is 85.0 Å². The van der Waals surface area contributed by atoms with E-state index in [1.807, 2.05) is 6.07 Å². The lowest BCUT2D eigenvalue weighted by atomic mass is 10.1. The predicted octanol–water partition coefficient (Wildman–Crippen LogP) is 1.76. The summed E-state index contributed by atoms with van der Waals surface area (Å²) in [5, 5.41) is 14.5. The van der Waals surface area contributed by atoms with Crippen LogP contribution in [0.4, 0.5) is 0 Å². The lowest BCUT2D eigenvalue weighted by molar-refractivity contribution is -0.103. The van der Waals surface area contributed by atoms with E-state index in [0.29, 0.717) is 11.6 Å². The van der Waals surface area contributed by atoms with Crippen molar-refractivity contribution in [2.75, 3.05) is 53.0 Å². The minimum atomic E-state index is -0.379. The summed E-state index contributed by atoms with van der Waals surface area (Å²) in [6, 6.07) is 19.8. The van der Waals surface area contributed by atoms with Gasteiger partial charge in [-0.25, -0.2) is 10.0 Å². The number of morpholine rings is 1. The first-order valence-corrected chi connectivity index (χ1v) is 10.9. The second-order valence-electron chi connectivity index (χ2n) is 8.00. The summed E-state index contributed by atoms with van der Waals surface area (Å²) < 4.78 is 5.47. The largest absolute Gasteiger partial charge is 0.392 e. The quantitative estimate of drug-likeness (QED) is 0.733. The normalized spacial score (nSPS) is 20.8. The number of β-amino-alcohol motifs (C(OH)–C–C–N with tert-alkyl or cyclic N) is 1. The van der Waals surface area contributed by atoms with Gasteiger partial charge in [-0.2, -0.15) is 0 Å². The molecular formula is C24H34N4O3. The monoisotopic (exact) mass is 426 g/mol. The van der Waals surface area contributed by atoms with Crippen molar-refractivity contribution in [2.24, 2.45) is 5.73 Å². The fraction of sp³-hybridized carbons (Fsp3) is 0.458. The van der Waals surface area contributed by atoms with Crippen LogP contribution in [-0.2, 0) is 4.74 Å². The molecule has 2 aromatic carbocycles. The number of carbonyl (C=O) groups is 1. The van der Waals surface area contributed by atoms with Crippen LogP contribution in [0.3, 0.4) is 0 Å². The number of aliphatic hydroxyl groups is 1. The van der Waals surface area contributed by atoms with E-state index in [1.54, 1.807) is 24.3 Å². The minimum Gasteiger partial charge on any atom is -0.392 e. The third-order valence-electron chi connectivity index (χ3n) is 5.81. The van der Waals surface area contributed by atoms with Gasteiger partial charge in [-0.15, -0.1) is 0 Å². The molecule has 2 aromatic rings. The molecule has 7 nitrogen and oxygen atoms in total. The molecule has 31 heavy (non-hydrogen) atoms. The molecule has 7 heteroatoms. The highest BCUT2D eigenvalue weighted by molar-refractivity contribution is 5.92. The summed E-state index contributed by atoms with van der Waals surface area (Å²) in [4.78, 5) is 12.8. The van der Waals surface area contributed by atoms with Crippen molar-refractivity contribution in [1.82, 2.24) is 14.9 Å². The molecule has 0 radical (unpaired) electrons. The number of carbonyl (C=O) groups excluding carboxylic acids is 1. The van der Waals surface area contributed by atoms with E-state index in [4.69, 9.17) is 10.5 Å². The van der Waals surface area contributed by atoms with Crippen LogP contribution in [0.5, 0.6) is 0 Å². The molecule has 2 heterocycles. The van der Waals surface area contributed by atoms with Crippen molar-refractivity contribution in [2.45, 2.75) is 18.6 Å². The number of likely N-dealkylation sites (N-methyl/N-ethyl adjacent to an activating group) is 1. The Morgan fingerprint density at radius 2 is 1.71 bits per heavy atom. The van der Waals surface area contributed by atoms with Gasteiger partial charge in [0.25, 0.3) is 0 Å². The average molecular weight is 427 g/mol. The molecule has 3 N–H and O–H groups in total. The summed E-state index contributed by atoms with van der Waals surface area (Å²) in [7, 11) is 2.18. The highest BCUT2D eigenvalue weighted by Gasteiger charge is 2.29. The number of nitrogens with zero attached hydrogens (tertiary/aromatic N) is 3. The molecule has 1 amide bonds. The van der Waals surface area contributed by atoms with Crippen molar-refractivity contribution in [3.8, 4) is 0 Å². The second kappa shape index (κ2) is 11.9. The summed E-state index contributed by atoms with van der Waals surface area (Å²) in [6.07, 6.45) is 0.730. The van der Waals surface area contributed by atoms with Gasteiger partial charge in [0, 0.05) is 45.3 Å². The standard InChI is InChI=1S/C17H27N3O2.C7H7NO/c1-18(20-9-11-22-12-10-20)17(15-5-3-2-4-6-15)14-19-8-7-16(21)13-19;8-7(9)6-4-2-1-3-5-6/h2-6,16-17,21H,7-14H2,1H3;1-5H,(H2,8,9)/t16-,17+;/m0./s1. The molecule has 4 rings (SSSR count). The van der Waals surface area contributed by atoms with Crippen LogP contribution in [0.2, 0.25) is 0 Å². The number of nitrogens with two attached hydrogens (primary N) is 1. The van der Waals surface area contributed by atoms with Crippen molar-refractivity contribution in [3.63, 3.8) is 0 Å². The van der Waals surface area contributed by atoms with E-state index in [2.05, 4.69) is 52.3 Å². The Balaban J connectivity index is 0.000000254. The predicted molar refractivity (Wildman–Crippen MR) is 121 cm³/mol. The van der Waals surface area contributed by atoms with Crippen molar-refractivity contribution < 1.29 is 14.6 Å². The van der Waals surface area contributed by atoms with Crippen LogP contribution >= 0.6 is 0 Å². The molecule has 0 aliphatic carbocycles. The second-order valence-corrected chi connectivity index (χ2v) is 8.00. The maximum atomic E-state index is 10.4. The lowest BCUT2D eigenvalue weighted by Gasteiger charge is -2.41. The Labute approximate surface area is 185 Å². The van der Waals surface area contributed by atoms with Gasteiger partial charge in [-0.1, -0.05) is 48.5 Å². The van der Waals surface area contributed by atoms with Gasteiger partial charge in [0.15, 0.2) is 0 Å². The topological polar surface area (TPSA) is 82.3 Å². The molecule has 0 saturated carbocycles. The summed E-state index contributed by atoms with van der Waals surface area (Å²) >= 11 is 0. The Hall–Kier alpha value is -2.29. The highest BCUT2D eigenvalue weighted by atomic mass is 16.5. The molecular weight excluding hydrogens is 392 g/mol. The molecule has 2 aliphatic rings. The molecule has 2 atom stereocenters. The fourth-order valence-corrected chi connectivity index (χ4v) is 4.01. The molecule has 2 fully saturated rings. The van der Waals surface area contributed by atoms with Crippen LogP contribution in [0.15, 0.2) is 60.7 Å². The number of primary amides is 1. The molecule has 0 bridgehead atoms. The third-order valence-corrected chi connectivity index (χ3v) is 5.81. The zero-order valence-corrected chi connectivity index (χ0v) is 18.3. The van der Waals surface area contributed by atoms with Gasteiger partial charge in [0.2, 0.25) is 5.91 Å². The first-order valence-electron chi connectivity index (χ1n) is 10.9. The number of amides is 1. The fourth-order valence-electron chi connectivity index (χ4n) is 4.01. The molecule has 0 spiro atoms. The zero-order valence-electron chi connectivity index (χ0n) is 18.3. The van der Waals surface area contributed by atoms with Gasteiger partial charge < -0.3 is 15.6 Å². The maximum Gasteiger partial charge on any atom is 0.248 e. The molecule has 168 valence electrons. The molecule has 2 saturated heterocycles. The van der Waals surface area contributed by atoms with Gasteiger partial charge in [0.1, 0.15) is 0 Å². The van der Waals surface area contributed by atoms with E-state index in [1.165, 1.54) is 5.56 Å². The summed E-state index contributed by atoms with van der Waals surface area (Å²) in [6.45, 7) is 6.23. The van der Waals surface area contributed by atoms with Crippen LogP contribution in [0.25, 0.3) is 0 Å². The van der Waals surface area contributed by atoms with E-state index in [-0.39, 0.29) is 12.0 Å². The van der Waals surface area contributed by atoms with E-state index >= 15 is 0 Å². The zero-order chi connectivity index (χ0) is 22.1. The number of benzene rings is 2. The van der Waals surface area contributed by atoms with Crippen molar-refractivity contribution in [3.05, 3.63) is 71.8 Å². The number of hydrogen-bond donors (Lipinski definition) is 2. The van der Waals surface area contributed by atoms with E-state index in [0.717, 1.165) is 52.4 Å². The maximum absolute atomic E-state index is 10.4.